The van der Waals surface area contributed by atoms with Crippen LogP contribution in [0.2, 0.25) is 0 Å². The lowest BCUT2D eigenvalue weighted by Gasteiger charge is -2.45. The monoisotopic (exact) mass is 788 g/mol. The maximum absolute atomic E-state index is 14.7. The maximum atomic E-state index is 14.7. The van der Waals surface area contributed by atoms with Gasteiger partial charge in [-0.15, -0.1) is 0 Å². The Balaban J connectivity index is 0.00000172. The van der Waals surface area contributed by atoms with Crippen molar-refractivity contribution >= 4 is 23.9 Å². The van der Waals surface area contributed by atoms with Gasteiger partial charge in [-0.25, -0.2) is 8.78 Å². The van der Waals surface area contributed by atoms with E-state index < -0.39 is 53.1 Å². The number of rotatable bonds is 11. The number of β-amino-alcohol motifs (C(OH)–C–C–N with tert-alkyl or cyclic N) is 1. The first-order valence-electron chi connectivity index (χ1n) is 18.4. The molecule has 4 atom stereocenters. The molecule has 1 aliphatic carbocycles. The van der Waals surface area contributed by atoms with Crippen LogP contribution in [0.1, 0.15) is 54.4 Å². The van der Waals surface area contributed by atoms with Gasteiger partial charge in [0.25, 0.3) is 12.4 Å². The minimum atomic E-state index is -4.53. The molecular formula is C40H42F6N4O6. The number of amides is 2. The van der Waals surface area contributed by atoms with Crippen LogP contribution in [0.5, 0.6) is 5.75 Å². The third-order valence-electron chi connectivity index (χ3n) is 10.4. The zero-order chi connectivity index (χ0) is 40.1. The van der Waals surface area contributed by atoms with Gasteiger partial charge in [0.05, 0.1) is 30.4 Å². The van der Waals surface area contributed by atoms with Gasteiger partial charge in [0.15, 0.2) is 17.4 Å². The summed E-state index contributed by atoms with van der Waals surface area (Å²) in [5, 5.41) is 23.5. The SMILES string of the molecule is O=C(C1C[C@@H](O)CN1)N1C[C@@H]2CC(c3ccc(CCCOc4c(F)ccc(F)c4F)cc3)=C(C(=O)N(Cc3cccc(C(F)(F)F)c3)C3CC3)[C@H](C1)N2.O=CO. The second-order valence-corrected chi connectivity index (χ2v) is 14.4. The van der Waals surface area contributed by atoms with E-state index in [-0.39, 0.29) is 50.1 Å². The molecule has 7 rings (SSSR count). The molecule has 1 saturated carbocycles. The highest BCUT2D eigenvalue weighted by molar-refractivity contribution is 6.03. The molecule has 1 unspecified atom stereocenters. The molecule has 0 spiro atoms. The standard InChI is InChI=1S/C39H40F6N4O4.CH2O2/c40-30-12-13-31(41)36(35(30)42)53-14-2-4-22-6-8-24(9-7-22)29-16-26-20-48(37(51)32-17-28(50)18-46-32)21-33(47-26)34(29)38(52)49(27-10-11-27)19-23-3-1-5-25(15-23)39(43,44)45;2-1-3/h1,3,5-9,12-13,15,26-28,32-33,46-47,50H,2,4,10-11,14,16-21H2;1H,(H,2,3)/t26-,28+,32?,33-;/m0./s1. The number of alkyl halides is 3. The smallest absolute Gasteiger partial charge is 0.416 e. The van der Waals surface area contributed by atoms with Crippen molar-refractivity contribution in [3.8, 4) is 5.75 Å². The van der Waals surface area contributed by atoms with Crippen molar-refractivity contribution in [1.29, 1.82) is 0 Å². The number of fused-ring (bicyclic) bond motifs is 2. The van der Waals surface area contributed by atoms with E-state index in [9.17, 15) is 41.0 Å². The Morgan fingerprint density at radius 3 is 2.36 bits per heavy atom. The number of carbonyl (C=O) groups is 3. The summed E-state index contributed by atoms with van der Waals surface area (Å²) in [4.78, 5) is 40.0. The molecule has 56 heavy (non-hydrogen) atoms. The molecule has 3 heterocycles. The molecule has 3 aromatic rings. The molecule has 3 fully saturated rings. The number of ether oxygens (including phenoxy) is 1. The Labute approximate surface area is 319 Å². The Morgan fingerprint density at radius 2 is 1.70 bits per heavy atom. The predicted molar refractivity (Wildman–Crippen MR) is 192 cm³/mol. The Hall–Kier alpha value is -4.93. The number of nitrogens with zero attached hydrogens (tertiary/aromatic N) is 2. The van der Waals surface area contributed by atoms with E-state index in [4.69, 9.17) is 14.6 Å². The van der Waals surface area contributed by atoms with Gasteiger partial charge < -0.3 is 35.4 Å². The summed E-state index contributed by atoms with van der Waals surface area (Å²) >= 11 is 0. The molecule has 300 valence electrons. The topological polar surface area (TPSA) is 131 Å². The fraction of sp³-hybridized carbons (Fsp3) is 0.425. The largest absolute Gasteiger partial charge is 0.488 e. The minimum absolute atomic E-state index is 0.00267. The zero-order valence-electron chi connectivity index (χ0n) is 30.2. The fourth-order valence-corrected chi connectivity index (χ4v) is 7.59. The zero-order valence-corrected chi connectivity index (χ0v) is 30.2. The molecule has 16 heteroatoms. The summed E-state index contributed by atoms with van der Waals surface area (Å²) in [5.74, 6) is -4.77. The summed E-state index contributed by atoms with van der Waals surface area (Å²) in [6.07, 6.45) is -2.09. The summed E-state index contributed by atoms with van der Waals surface area (Å²) < 4.78 is 87.4. The van der Waals surface area contributed by atoms with Crippen molar-refractivity contribution < 1.29 is 55.7 Å². The predicted octanol–water partition coefficient (Wildman–Crippen LogP) is 5.08. The van der Waals surface area contributed by atoms with Crippen molar-refractivity contribution in [3.05, 3.63) is 106 Å². The van der Waals surface area contributed by atoms with Crippen molar-refractivity contribution in [2.75, 3.05) is 26.2 Å². The van der Waals surface area contributed by atoms with E-state index in [1.807, 2.05) is 24.3 Å². The van der Waals surface area contributed by atoms with E-state index >= 15 is 0 Å². The number of aliphatic hydroxyl groups is 1. The number of aryl methyl sites for hydroxylation is 1. The molecule has 10 nitrogen and oxygen atoms in total. The highest BCUT2D eigenvalue weighted by Crippen LogP contribution is 2.38. The summed E-state index contributed by atoms with van der Waals surface area (Å²) in [6, 6.07) is 12.7. The van der Waals surface area contributed by atoms with Crippen LogP contribution < -0.4 is 15.4 Å². The number of hydrogen-bond donors (Lipinski definition) is 4. The minimum Gasteiger partial charge on any atom is -0.488 e. The molecule has 3 aromatic carbocycles. The number of aliphatic hydroxyl groups excluding tert-OH is 1. The summed E-state index contributed by atoms with van der Waals surface area (Å²) in [5.41, 5.74) is 2.54. The lowest BCUT2D eigenvalue weighted by molar-refractivity contribution is -0.138. The highest BCUT2D eigenvalue weighted by atomic mass is 19.4. The first-order valence-corrected chi connectivity index (χ1v) is 18.4. The molecule has 4 N–H and O–H groups in total. The molecule has 4 aliphatic rings. The Morgan fingerprint density at radius 1 is 0.982 bits per heavy atom. The first kappa shape index (κ1) is 40.7. The third kappa shape index (κ3) is 9.53. The number of halogens is 6. The van der Waals surface area contributed by atoms with E-state index in [1.165, 1.54) is 6.07 Å². The van der Waals surface area contributed by atoms with E-state index in [0.717, 1.165) is 47.7 Å². The average Bonchev–Trinajstić information content (AvgIpc) is 3.93. The van der Waals surface area contributed by atoms with Gasteiger partial charge >= 0.3 is 6.18 Å². The molecule has 0 aromatic heterocycles. The molecule has 2 saturated heterocycles. The van der Waals surface area contributed by atoms with Gasteiger partial charge in [-0.2, -0.15) is 17.6 Å². The van der Waals surface area contributed by atoms with Crippen molar-refractivity contribution in [1.82, 2.24) is 20.4 Å². The van der Waals surface area contributed by atoms with Crippen LogP contribution in [0.25, 0.3) is 5.57 Å². The molecule has 0 radical (unpaired) electrons. The number of nitrogens with one attached hydrogen (secondary N) is 2. The van der Waals surface area contributed by atoms with Gasteiger partial charge in [-0.1, -0.05) is 36.4 Å². The van der Waals surface area contributed by atoms with Crippen LogP contribution in [-0.2, 0) is 33.5 Å². The van der Waals surface area contributed by atoms with Crippen LogP contribution in [0.4, 0.5) is 26.3 Å². The Bertz CT molecular complexity index is 1940. The van der Waals surface area contributed by atoms with Crippen LogP contribution in [0.15, 0.2) is 66.2 Å². The van der Waals surface area contributed by atoms with Crippen molar-refractivity contribution in [2.24, 2.45) is 0 Å². The highest BCUT2D eigenvalue weighted by Gasteiger charge is 2.45. The van der Waals surface area contributed by atoms with Crippen LogP contribution in [0.3, 0.4) is 0 Å². The van der Waals surface area contributed by atoms with Gasteiger partial charge in [0.1, 0.15) is 0 Å². The number of piperazine rings is 1. The van der Waals surface area contributed by atoms with E-state index in [0.29, 0.717) is 56.0 Å². The van der Waals surface area contributed by atoms with Crippen LogP contribution >= 0.6 is 0 Å². The van der Waals surface area contributed by atoms with Gasteiger partial charge in [0, 0.05) is 43.8 Å². The number of carboxylic acid groups (broad SMARTS) is 1. The first-order chi connectivity index (χ1) is 26.8. The quantitative estimate of drug-likeness (QED) is 0.0918. The van der Waals surface area contributed by atoms with Gasteiger partial charge in [-0.3, -0.25) is 14.4 Å². The third-order valence-corrected chi connectivity index (χ3v) is 10.4. The average molecular weight is 789 g/mol. The van der Waals surface area contributed by atoms with Gasteiger partial charge in [0.2, 0.25) is 11.7 Å². The molecule has 2 amide bonds. The normalized spacial score (nSPS) is 21.9. The number of benzene rings is 3. The maximum Gasteiger partial charge on any atom is 0.416 e. The van der Waals surface area contributed by atoms with E-state index in [2.05, 4.69) is 10.6 Å². The van der Waals surface area contributed by atoms with Crippen molar-refractivity contribution in [2.45, 2.75) is 81.5 Å². The van der Waals surface area contributed by atoms with E-state index in [1.54, 1.807) is 15.9 Å². The van der Waals surface area contributed by atoms with Crippen LogP contribution in [0, 0.1) is 17.5 Å². The Kier molecular flexibility index (Phi) is 12.7. The second kappa shape index (κ2) is 17.5. The van der Waals surface area contributed by atoms with Gasteiger partial charge in [-0.05, 0) is 85.1 Å². The lowest BCUT2D eigenvalue weighted by Crippen LogP contribution is -2.63. The summed E-state index contributed by atoms with van der Waals surface area (Å²) in [7, 11) is 0. The molecule has 3 aliphatic heterocycles. The molecular weight excluding hydrogens is 746 g/mol. The van der Waals surface area contributed by atoms with Crippen molar-refractivity contribution in [3.63, 3.8) is 0 Å². The summed E-state index contributed by atoms with van der Waals surface area (Å²) in [6.45, 7) is 0.626. The fourth-order valence-electron chi connectivity index (χ4n) is 7.59. The molecule has 2 bridgehead atoms. The second-order valence-electron chi connectivity index (χ2n) is 14.4. The van der Waals surface area contributed by atoms with Crippen LogP contribution in [-0.4, -0.2) is 94.8 Å². The lowest BCUT2D eigenvalue weighted by atomic mass is 9.82. The number of hydrogen-bond acceptors (Lipinski definition) is 7. The number of carbonyl (C=O) groups excluding carboxylic acids is 2.